The van der Waals surface area contributed by atoms with Gasteiger partial charge >= 0.3 is 0 Å². The van der Waals surface area contributed by atoms with E-state index in [9.17, 15) is 0 Å². The third kappa shape index (κ3) is 4.39. The summed E-state index contributed by atoms with van der Waals surface area (Å²) in [4.78, 5) is 0. The summed E-state index contributed by atoms with van der Waals surface area (Å²) < 4.78 is 2.14. The number of nitrogens with zero attached hydrogens (tertiary/aromatic N) is 1. The second-order valence-electron chi connectivity index (χ2n) is 1.87. The first-order valence-electron chi connectivity index (χ1n) is 3.17. The first-order chi connectivity index (χ1) is 4.85. The van der Waals surface area contributed by atoms with Crippen molar-refractivity contribution in [1.29, 1.82) is 0 Å². The zero-order chi connectivity index (χ0) is 7.82. The first-order valence-corrected chi connectivity index (χ1v) is 4.46. The van der Waals surface area contributed by atoms with E-state index in [1.165, 1.54) is 0 Å². The summed E-state index contributed by atoms with van der Waals surface area (Å²) in [6.07, 6.45) is 5.81. The van der Waals surface area contributed by atoms with Crippen LogP contribution in [0.25, 0.3) is 0 Å². The third-order valence-electron chi connectivity index (χ3n) is 0.982. The zero-order valence-electron chi connectivity index (χ0n) is 6.42. The Morgan fingerprint density at radius 1 is 1.30 bits per heavy atom. The molecule has 0 atom stereocenters. The third-order valence-corrected chi connectivity index (χ3v) is 1.49. The summed E-state index contributed by atoms with van der Waals surface area (Å²) in [6, 6.07) is 0. The Hall–Kier alpha value is -0.500. The van der Waals surface area contributed by atoms with Crippen molar-refractivity contribution >= 4 is 17.3 Å². The molecule has 0 N–H and O–H groups in total. The summed E-state index contributed by atoms with van der Waals surface area (Å²) in [7, 11) is 0. The molecule has 0 aromatic carbocycles. The maximum absolute atomic E-state index is 3.66. The molecule has 0 rings (SSSR count). The quantitative estimate of drug-likeness (QED) is 0.254. The topological polar surface area (TPSA) is 3.01 Å². The van der Waals surface area contributed by atoms with Crippen molar-refractivity contribution in [2.75, 3.05) is 19.3 Å². The molecular weight excluding hydrogens is 142 g/mol. The molecule has 0 spiro atoms. The van der Waals surface area contributed by atoms with Crippen LogP contribution in [0, 0.1) is 0 Å². The number of rotatable bonds is 5. The monoisotopic (exact) mass is 156 g/mol. The second kappa shape index (κ2) is 6.62. The van der Waals surface area contributed by atoms with Crippen molar-refractivity contribution in [2.45, 2.75) is 0 Å². The lowest BCUT2D eigenvalue weighted by Crippen LogP contribution is -2.11. The molecule has 0 aliphatic heterocycles. The molecule has 0 saturated heterocycles. The lowest BCUT2D eigenvalue weighted by Gasteiger charge is -1.93. The fourth-order valence-corrected chi connectivity index (χ4v) is 1.11. The van der Waals surface area contributed by atoms with Gasteiger partial charge in [0.25, 0.3) is 0 Å². The van der Waals surface area contributed by atoms with Crippen molar-refractivity contribution in [3.8, 4) is 0 Å². The van der Waals surface area contributed by atoms with Crippen molar-refractivity contribution in [3.63, 3.8) is 0 Å². The van der Waals surface area contributed by atoms with Gasteiger partial charge in [0.05, 0.1) is 0 Å². The highest BCUT2D eigenvalue weighted by molar-refractivity contribution is 8.11. The van der Waals surface area contributed by atoms with Crippen LogP contribution in [0.3, 0.4) is 0 Å². The minimum atomic E-state index is 0.896. The molecule has 0 bridgehead atoms. The Morgan fingerprint density at radius 3 is 2.10 bits per heavy atom. The van der Waals surface area contributed by atoms with Crippen LogP contribution in [0.4, 0.5) is 0 Å². The second-order valence-corrected chi connectivity index (χ2v) is 2.55. The van der Waals surface area contributed by atoms with Crippen LogP contribution >= 0.6 is 11.8 Å². The summed E-state index contributed by atoms with van der Waals surface area (Å²) in [5.74, 6) is 0. The maximum Gasteiger partial charge on any atom is 0.198 e. The molecule has 0 aliphatic carbocycles. The molecule has 0 amide bonds. The van der Waals surface area contributed by atoms with Crippen LogP contribution in [0.2, 0.25) is 0 Å². The zero-order valence-corrected chi connectivity index (χ0v) is 7.23. The molecule has 2 heteroatoms. The van der Waals surface area contributed by atoms with Gasteiger partial charge in [0.2, 0.25) is 0 Å². The summed E-state index contributed by atoms with van der Waals surface area (Å²) in [6.45, 7) is 9.11. The van der Waals surface area contributed by atoms with E-state index in [4.69, 9.17) is 0 Å². The van der Waals surface area contributed by atoms with E-state index in [0.29, 0.717) is 0 Å². The van der Waals surface area contributed by atoms with Crippen molar-refractivity contribution in [2.24, 2.45) is 0 Å². The Kier molecular flexibility index (Phi) is 6.29. The lowest BCUT2D eigenvalue weighted by atomic mass is 10.5. The van der Waals surface area contributed by atoms with Gasteiger partial charge in [-0.2, -0.15) is 0 Å². The highest BCUT2D eigenvalue weighted by atomic mass is 32.2. The predicted octanol–water partition coefficient (Wildman–Crippen LogP) is 1.76. The summed E-state index contributed by atoms with van der Waals surface area (Å²) in [5, 5.41) is 0. The molecule has 0 aliphatic rings. The molecule has 0 unspecified atom stereocenters. The molecule has 56 valence electrons. The molecule has 0 aromatic rings. The SMILES string of the molecule is C=CC[N+](=CSC)CC=C. The van der Waals surface area contributed by atoms with Gasteiger partial charge in [0.1, 0.15) is 0 Å². The van der Waals surface area contributed by atoms with Crippen LogP contribution in [0.15, 0.2) is 25.3 Å². The maximum atomic E-state index is 3.66. The first kappa shape index (κ1) is 9.50. The average Bonchev–Trinajstić information content (AvgIpc) is 1.90. The van der Waals surface area contributed by atoms with E-state index in [-0.39, 0.29) is 0 Å². The van der Waals surface area contributed by atoms with Gasteiger partial charge in [-0.15, -0.1) is 0 Å². The Morgan fingerprint density at radius 2 is 1.80 bits per heavy atom. The normalized spacial score (nSPS) is 8.50. The number of hydrogen-bond acceptors (Lipinski definition) is 1. The van der Waals surface area contributed by atoms with E-state index in [1.807, 2.05) is 18.4 Å². The minimum absolute atomic E-state index is 0.896. The van der Waals surface area contributed by atoms with Crippen molar-refractivity contribution < 1.29 is 4.58 Å². The average molecular weight is 156 g/mol. The molecule has 0 aromatic heterocycles. The van der Waals surface area contributed by atoms with E-state index in [0.717, 1.165) is 13.1 Å². The van der Waals surface area contributed by atoms with E-state index in [2.05, 4.69) is 23.3 Å². The smallest absolute Gasteiger partial charge is 0.198 e. The Labute approximate surface area is 67.1 Å². The molecule has 10 heavy (non-hydrogen) atoms. The van der Waals surface area contributed by atoms with Gasteiger partial charge in [-0.25, -0.2) is 4.58 Å². The van der Waals surface area contributed by atoms with E-state index in [1.54, 1.807) is 11.8 Å². The fraction of sp³-hybridized carbons (Fsp3) is 0.375. The Balaban J connectivity index is 3.82. The van der Waals surface area contributed by atoms with E-state index < -0.39 is 0 Å². The van der Waals surface area contributed by atoms with E-state index >= 15 is 0 Å². The summed E-state index contributed by atoms with van der Waals surface area (Å²) >= 11 is 1.69. The number of hydrogen-bond donors (Lipinski definition) is 0. The number of thioether (sulfide) groups is 1. The highest BCUT2D eigenvalue weighted by Gasteiger charge is 1.94. The van der Waals surface area contributed by atoms with Crippen molar-refractivity contribution in [1.82, 2.24) is 0 Å². The molecule has 0 fully saturated rings. The van der Waals surface area contributed by atoms with Crippen LogP contribution < -0.4 is 0 Å². The van der Waals surface area contributed by atoms with Crippen molar-refractivity contribution in [3.05, 3.63) is 25.3 Å². The highest BCUT2D eigenvalue weighted by Crippen LogP contribution is 1.85. The van der Waals surface area contributed by atoms with Crippen LogP contribution in [0.1, 0.15) is 0 Å². The molecular formula is C8H14NS+. The molecule has 0 saturated carbocycles. The fourth-order valence-electron chi connectivity index (χ4n) is 0.641. The largest absolute Gasteiger partial charge is 0.223 e. The predicted molar refractivity (Wildman–Crippen MR) is 50.0 cm³/mol. The molecule has 0 radical (unpaired) electrons. The van der Waals surface area contributed by atoms with Crippen LogP contribution in [-0.2, 0) is 0 Å². The van der Waals surface area contributed by atoms with Gasteiger partial charge in [0.15, 0.2) is 18.6 Å². The lowest BCUT2D eigenvalue weighted by molar-refractivity contribution is -0.500. The van der Waals surface area contributed by atoms with Gasteiger partial charge < -0.3 is 0 Å². The van der Waals surface area contributed by atoms with Crippen LogP contribution in [-0.4, -0.2) is 29.5 Å². The molecule has 0 heterocycles. The molecule has 1 nitrogen and oxygen atoms in total. The van der Waals surface area contributed by atoms with Gasteiger partial charge in [-0.05, 0) is 18.4 Å². The summed E-state index contributed by atoms with van der Waals surface area (Å²) in [5.41, 5.74) is 2.07. The minimum Gasteiger partial charge on any atom is -0.223 e. The van der Waals surface area contributed by atoms with Crippen LogP contribution in [0.5, 0.6) is 0 Å². The van der Waals surface area contributed by atoms with Gasteiger partial charge in [-0.1, -0.05) is 24.9 Å². The van der Waals surface area contributed by atoms with Gasteiger partial charge in [0, 0.05) is 0 Å². The Bertz CT molecular complexity index is 126. The standard InChI is InChI=1S/C8H14NS/c1-4-6-9(7-5-2)8-10-3/h4-5,8H,1-2,6-7H2,3H3/q+1. The van der Waals surface area contributed by atoms with Gasteiger partial charge in [-0.3, -0.25) is 0 Å².